The number of aliphatic hydroxyl groups excluding tert-OH is 14. The summed E-state index contributed by atoms with van der Waals surface area (Å²) in [5.74, 6) is 1.39. The topological polar surface area (TPSA) is 357 Å². The maximum absolute atomic E-state index is 11.5. The molecule has 4 saturated heterocycles. The van der Waals surface area contributed by atoms with Gasteiger partial charge in [-0.25, -0.2) is 0 Å². The van der Waals surface area contributed by atoms with Crippen LogP contribution in [0, 0.1) is 17.3 Å². The van der Waals surface area contributed by atoms with Crippen molar-refractivity contribution in [3.8, 4) is 0 Å². The number of hydrogen-bond donors (Lipinski definition) is 14. The molecule has 4 aliphatic heterocycles. The summed E-state index contributed by atoms with van der Waals surface area (Å²) < 4.78 is 47.3. The summed E-state index contributed by atoms with van der Waals surface area (Å²) in [6, 6.07) is 0. The van der Waals surface area contributed by atoms with E-state index < -0.39 is 155 Å². The van der Waals surface area contributed by atoms with Crippen molar-refractivity contribution in [3.05, 3.63) is 0 Å². The normalized spacial score (nSPS) is 41.3. The lowest BCUT2D eigenvalue weighted by molar-refractivity contribution is -0.365. The van der Waals surface area contributed by atoms with Crippen molar-refractivity contribution in [3.63, 3.8) is 0 Å². The second kappa shape index (κ2) is 29.0. The third-order valence-electron chi connectivity index (χ3n) is 16.1. The molecule has 22 nitrogen and oxygen atoms in total. The lowest BCUT2D eigenvalue weighted by Crippen LogP contribution is -2.65. The van der Waals surface area contributed by atoms with Gasteiger partial charge in [0.1, 0.15) is 97.7 Å². The maximum atomic E-state index is 11.5. The fraction of sp³-hybridized carbons (Fsp3) is 1.00. The van der Waals surface area contributed by atoms with Crippen LogP contribution in [-0.2, 0) is 37.9 Å². The Morgan fingerprint density at radius 3 is 1.04 bits per heavy atom. The minimum absolute atomic E-state index is 0.124. The Morgan fingerprint density at radius 2 is 0.690 bits per heavy atom. The molecule has 416 valence electrons. The lowest BCUT2D eigenvalue weighted by atomic mass is 9.78. The van der Waals surface area contributed by atoms with E-state index in [4.69, 9.17) is 37.9 Å². The predicted octanol–water partition coefficient (Wildman–Crippen LogP) is -1.68. The summed E-state index contributed by atoms with van der Waals surface area (Å²) in [5, 5.41) is 149. The van der Waals surface area contributed by atoms with Gasteiger partial charge in [0, 0.05) is 5.41 Å². The second-order valence-corrected chi connectivity index (χ2v) is 21.3. The molecule has 8 unspecified atom stereocenters. The van der Waals surface area contributed by atoms with Crippen molar-refractivity contribution in [1.82, 2.24) is 0 Å². The second-order valence-electron chi connectivity index (χ2n) is 21.3. The van der Waals surface area contributed by atoms with Gasteiger partial charge in [-0.1, -0.05) is 116 Å². The van der Waals surface area contributed by atoms with Gasteiger partial charge in [0.05, 0.1) is 39.6 Å². The summed E-state index contributed by atoms with van der Waals surface area (Å²) in [4.78, 5) is 0. The molecular weight excluding hydrogens is 941 g/mol. The zero-order chi connectivity index (χ0) is 51.2. The largest absolute Gasteiger partial charge is 0.394 e. The summed E-state index contributed by atoms with van der Waals surface area (Å²) >= 11 is 0. The molecule has 6 fully saturated rings. The Labute approximate surface area is 416 Å². The van der Waals surface area contributed by atoms with Crippen LogP contribution in [0.2, 0.25) is 0 Å². The van der Waals surface area contributed by atoms with Gasteiger partial charge >= 0.3 is 0 Å². The molecule has 0 bridgehead atoms. The minimum Gasteiger partial charge on any atom is -0.394 e. The highest BCUT2D eigenvalue weighted by Crippen LogP contribution is 2.39. The molecule has 14 N–H and O–H groups in total. The van der Waals surface area contributed by atoms with Crippen LogP contribution in [-0.4, -0.2) is 234 Å². The molecule has 0 spiro atoms. The lowest BCUT2D eigenvalue weighted by Gasteiger charge is -2.47. The fourth-order valence-corrected chi connectivity index (χ4v) is 11.5. The summed E-state index contributed by atoms with van der Waals surface area (Å²) in [7, 11) is 0. The molecular formula is C49H88O22. The summed E-state index contributed by atoms with van der Waals surface area (Å²) in [6.07, 6.45) is -11.7. The van der Waals surface area contributed by atoms with Crippen molar-refractivity contribution in [2.24, 2.45) is 17.3 Å². The van der Waals surface area contributed by atoms with Crippen LogP contribution in [0.25, 0.3) is 0 Å². The first kappa shape index (κ1) is 59.4. The van der Waals surface area contributed by atoms with Crippen LogP contribution in [0.15, 0.2) is 0 Å². The molecule has 6 rings (SSSR count). The first-order valence-corrected chi connectivity index (χ1v) is 26.6. The van der Waals surface area contributed by atoms with Gasteiger partial charge in [0.2, 0.25) is 0 Å². The number of rotatable bonds is 26. The van der Waals surface area contributed by atoms with Crippen molar-refractivity contribution >= 4 is 0 Å². The average Bonchev–Trinajstić information content (AvgIpc) is 3.38. The van der Waals surface area contributed by atoms with E-state index in [0.29, 0.717) is 24.7 Å². The van der Waals surface area contributed by atoms with E-state index in [0.717, 1.165) is 51.4 Å². The number of unbranched alkanes of at least 4 members (excludes halogenated alkanes) is 4. The molecule has 2 aliphatic carbocycles. The predicted molar refractivity (Wildman–Crippen MR) is 246 cm³/mol. The van der Waals surface area contributed by atoms with Gasteiger partial charge in [0.25, 0.3) is 0 Å². The summed E-state index contributed by atoms with van der Waals surface area (Å²) in [6.45, 7) is -3.24. The first-order valence-electron chi connectivity index (χ1n) is 26.6. The molecule has 71 heavy (non-hydrogen) atoms. The van der Waals surface area contributed by atoms with Crippen LogP contribution in [0.4, 0.5) is 0 Å². The first-order chi connectivity index (χ1) is 34.1. The number of ether oxygens (including phenoxy) is 8. The maximum Gasteiger partial charge on any atom is 0.187 e. The van der Waals surface area contributed by atoms with Crippen molar-refractivity contribution in [1.29, 1.82) is 0 Å². The average molecular weight is 1030 g/mol. The van der Waals surface area contributed by atoms with Gasteiger partial charge in [-0.3, -0.25) is 0 Å². The molecule has 0 radical (unpaired) electrons. The fourth-order valence-electron chi connectivity index (χ4n) is 11.5. The van der Waals surface area contributed by atoms with Crippen molar-refractivity contribution in [2.75, 3.05) is 39.6 Å². The molecule has 4 heterocycles. The highest BCUT2D eigenvalue weighted by molar-refractivity contribution is 4.97. The van der Waals surface area contributed by atoms with E-state index in [1.807, 2.05) is 0 Å². The zero-order valence-corrected chi connectivity index (χ0v) is 41.1. The highest BCUT2D eigenvalue weighted by Gasteiger charge is 2.53. The van der Waals surface area contributed by atoms with E-state index in [-0.39, 0.29) is 13.2 Å². The van der Waals surface area contributed by atoms with Gasteiger partial charge in [-0.15, -0.1) is 0 Å². The Bertz CT molecular complexity index is 1360. The Morgan fingerprint density at radius 1 is 0.352 bits per heavy atom. The minimum atomic E-state index is -1.84. The molecule has 0 amide bonds. The van der Waals surface area contributed by atoms with E-state index >= 15 is 0 Å². The summed E-state index contributed by atoms with van der Waals surface area (Å²) in [5.41, 5.74) is -0.867. The zero-order valence-electron chi connectivity index (χ0n) is 41.1. The monoisotopic (exact) mass is 1030 g/mol. The van der Waals surface area contributed by atoms with Crippen LogP contribution in [0.5, 0.6) is 0 Å². The van der Waals surface area contributed by atoms with E-state index in [2.05, 4.69) is 0 Å². The molecule has 22 heteroatoms. The third-order valence-corrected chi connectivity index (χ3v) is 16.1. The molecule has 0 aromatic carbocycles. The van der Waals surface area contributed by atoms with Gasteiger partial charge in [-0.2, -0.15) is 0 Å². The van der Waals surface area contributed by atoms with E-state index in [9.17, 15) is 71.5 Å². The molecule has 6 aliphatic rings. The Balaban J connectivity index is 1.18. The number of aliphatic hydroxyl groups is 14. The van der Waals surface area contributed by atoms with E-state index in [1.54, 1.807) is 0 Å². The van der Waals surface area contributed by atoms with Gasteiger partial charge in [0.15, 0.2) is 25.2 Å². The Hall–Kier alpha value is -0.880. The molecule has 2 saturated carbocycles. The van der Waals surface area contributed by atoms with Gasteiger partial charge in [-0.05, 0) is 24.7 Å². The van der Waals surface area contributed by atoms with Crippen LogP contribution in [0.1, 0.15) is 128 Å². The van der Waals surface area contributed by atoms with Gasteiger partial charge < -0.3 is 109 Å². The third kappa shape index (κ3) is 15.6. The van der Waals surface area contributed by atoms with Crippen molar-refractivity contribution in [2.45, 2.75) is 251 Å². The number of hydrogen-bond acceptors (Lipinski definition) is 22. The molecule has 0 aromatic heterocycles. The Kier molecular flexibility index (Phi) is 24.3. The van der Waals surface area contributed by atoms with E-state index in [1.165, 1.54) is 64.2 Å². The SMILES string of the molecule is OCC1O[C@@H](OCC(CCCCCC2CCCCC2)(CCCCCC2CCCCC2)CO[C@@H]2OC(CO)[C@@H](O[C@H]3OC(CO)[C@@H](O)[C@H](O)C3O)C(O)[C@@H]2O)[C@@H](O)C(O)[C@@H]1O[C@H]1OC(CO)[C@@H](O)[C@H](O)C1O. The smallest absolute Gasteiger partial charge is 0.187 e. The molecule has 0 aromatic rings. The standard InChI is InChI=1S/C49H88O22/c50-21-29-33(54)35(56)39(60)47(66-29)70-43-31(23-52)68-45(41(62)37(43)58)64-25-49(19-11-3-9-17-27-13-5-1-6-14-27,20-12-4-10-18-28-15-7-2-8-16-28)26-65-46-42(63)38(59)44(32(24-53)69-46)71-48-40(61)36(57)34(55)30(22-51)67-48/h27-48,50-63H,1-26H2/t29?,30?,31?,32?,33-,34-,35+,36+,37?,38?,39?,40?,41+,42+,43-,44-,45-,46-,47-,48-/m1/s1. The highest BCUT2D eigenvalue weighted by atomic mass is 16.8. The van der Waals surface area contributed by atoms with Crippen LogP contribution < -0.4 is 0 Å². The van der Waals surface area contributed by atoms with Crippen LogP contribution >= 0.6 is 0 Å². The quantitative estimate of drug-likeness (QED) is 0.0430. The van der Waals surface area contributed by atoms with Crippen LogP contribution in [0.3, 0.4) is 0 Å². The van der Waals surface area contributed by atoms with Crippen molar-refractivity contribution < 1.29 is 109 Å². The molecule has 20 atom stereocenters.